The molecule has 1 aromatic heterocycles. The van der Waals surface area contributed by atoms with Gasteiger partial charge in [0.15, 0.2) is 6.10 Å². The summed E-state index contributed by atoms with van der Waals surface area (Å²) in [7, 11) is 1.35. The third-order valence-electron chi connectivity index (χ3n) is 9.12. The van der Waals surface area contributed by atoms with E-state index < -0.39 is 17.7 Å². The Morgan fingerprint density at radius 3 is 2.21 bits per heavy atom. The molecule has 2 aromatic rings. The molecule has 0 bridgehead atoms. The number of aryl methyl sites for hydroxylation is 1. The van der Waals surface area contributed by atoms with Crippen LogP contribution in [0.15, 0.2) is 24.3 Å². The highest BCUT2D eigenvalue weighted by Gasteiger charge is 2.37. The molecule has 7 nitrogen and oxygen atoms in total. The van der Waals surface area contributed by atoms with Gasteiger partial charge in [0.25, 0.3) is 5.91 Å². The van der Waals surface area contributed by atoms with E-state index in [4.69, 9.17) is 30.8 Å². The third kappa shape index (κ3) is 7.98. The van der Waals surface area contributed by atoms with Gasteiger partial charge in [-0.3, -0.25) is 4.79 Å². The average molecular weight is 611 g/mol. The number of carbonyl (C=O) groups excluding carboxylic acids is 2. The Bertz CT molecular complexity index is 1300. The monoisotopic (exact) mass is 610 g/mol. The quantitative estimate of drug-likeness (QED) is 0.278. The van der Waals surface area contributed by atoms with Gasteiger partial charge in [-0.2, -0.15) is 0 Å². The van der Waals surface area contributed by atoms with Crippen molar-refractivity contribution in [1.29, 1.82) is 0 Å². The maximum atomic E-state index is 13.7. The van der Waals surface area contributed by atoms with Crippen molar-refractivity contribution < 1.29 is 23.8 Å². The molecule has 0 unspecified atom stereocenters. The van der Waals surface area contributed by atoms with Crippen LogP contribution in [-0.4, -0.2) is 47.8 Å². The first-order chi connectivity index (χ1) is 20.4. The molecule has 0 saturated heterocycles. The Balaban J connectivity index is 1.32. The Morgan fingerprint density at radius 2 is 1.63 bits per heavy atom. The highest BCUT2D eigenvalue weighted by atomic mass is 35.5. The van der Waals surface area contributed by atoms with Crippen LogP contribution in [0.1, 0.15) is 112 Å². The van der Waals surface area contributed by atoms with Crippen LogP contribution in [0.5, 0.6) is 0 Å². The first-order valence-electron chi connectivity index (χ1n) is 15.9. The van der Waals surface area contributed by atoms with Crippen LogP contribution in [0.2, 0.25) is 5.02 Å². The normalized spacial score (nSPS) is 24.6. The lowest BCUT2D eigenvalue weighted by Crippen LogP contribution is -2.39. The number of pyridine rings is 1. The van der Waals surface area contributed by atoms with Crippen LogP contribution in [0.3, 0.4) is 0 Å². The van der Waals surface area contributed by atoms with Gasteiger partial charge in [-0.25, -0.2) is 9.78 Å². The highest BCUT2D eigenvalue weighted by molar-refractivity contribution is 6.30. The van der Waals surface area contributed by atoms with Crippen molar-refractivity contribution in [2.24, 2.45) is 11.8 Å². The smallest absolute Gasteiger partial charge is 0.339 e. The fourth-order valence-electron chi connectivity index (χ4n) is 6.75. The second-order valence-electron chi connectivity index (χ2n) is 13.8. The minimum Gasteiger partial charge on any atom is -0.467 e. The van der Waals surface area contributed by atoms with Crippen LogP contribution in [0, 0.1) is 25.7 Å². The average Bonchev–Trinajstić information content (AvgIpc) is 3.76. The lowest BCUT2D eigenvalue weighted by molar-refractivity contribution is -0.164. The number of hydrogen-bond donors (Lipinski definition) is 1. The number of esters is 1. The molecule has 3 fully saturated rings. The molecule has 3 aliphatic rings. The maximum Gasteiger partial charge on any atom is 0.339 e. The van der Waals surface area contributed by atoms with Crippen LogP contribution in [0.25, 0.3) is 11.1 Å². The Hall–Kier alpha value is -2.48. The number of carbonyl (C=O) groups is 2. The molecular formula is C35H47ClN2O5. The number of nitrogens with one attached hydrogen (secondary N) is 1. The summed E-state index contributed by atoms with van der Waals surface area (Å²) in [5.41, 5.74) is 3.13. The summed E-state index contributed by atoms with van der Waals surface area (Å²) in [6.45, 7) is 9.38. The van der Waals surface area contributed by atoms with E-state index >= 15 is 0 Å². The third-order valence-corrected chi connectivity index (χ3v) is 9.37. The molecule has 8 heteroatoms. The fraction of sp³-hybridized carbons (Fsp3) is 0.629. The van der Waals surface area contributed by atoms with E-state index in [-0.39, 0.29) is 11.9 Å². The van der Waals surface area contributed by atoms with E-state index in [0.717, 1.165) is 48.6 Å². The van der Waals surface area contributed by atoms with E-state index in [9.17, 15) is 9.59 Å². The summed E-state index contributed by atoms with van der Waals surface area (Å²) >= 11 is 6.22. The molecule has 1 heterocycles. The topological polar surface area (TPSA) is 86.8 Å². The summed E-state index contributed by atoms with van der Waals surface area (Å²) in [6, 6.07) is 7.52. The molecule has 5 rings (SSSR count). The molecule has 0 aliphatic heterocycles. The number of halogens is 1. The molecule has 3 aliphatic carbocycles. The van der Waals surface area contributed by atoms with Crippen molar-refractivity contribution >= 4 is 23.5 Å². The van der Waals surface area contributed by atoms with Gasteiger partial charge in [0.05, 0.1) is 24.9 Å². The van der Waals surface area contributed by atoms with Crippen molar-refractivity contribution in [3.8, 4) is 11.1 Å². The largest absolute Gasteiger partial charge is 0.467 e. The molecule has 234 valence electrons. The summed E-state index contributed by atoms with van der Waals surface area (Å²) in [4.78, 5) is 31.6. The van der Waals surface area contributed by atoms with Gasteiger partial charge in [0.1, 0.15) is 5.69 Å². The molecule has 1 amide bonds. The molecule has 1 aromatic carbocycles. The number of benzene rings is 1. The van der Waals surface area contributed by atoms with Crippen LogP contribution in [-0.2, 0) is 19.0 Å². The van der Waals surface area contributed by atoms with Gasteiger partial charge in [-0.05, 0) is 133 Å². The predicted molar refractivity (Wildman–Crippen MR) is 168 cm³/mol. The van der Waals surface area contributed by atoms with Crippen LogP contribution in [0.4, 0.5) is 0 Å². The Labute approximate surface area is 261 Å². The number of rotatable bonds is 10. The van der Waals surface area contributed by atoms with Gasteiger partial charge in [0.2, 0.25) is 0 Å². The van der Waals surface area contributed by atoms with Gasteiger partial charge < -0.3 is 19.5 Å². The molecule has 1 N–H and O–H groups in total. The van der Waals surface area contributed by atoms with Crippen molar-refractivity contribution in [3.63, 3.8) is 0 Å². The van der Waals surface area contributed by atoms with Crippen molar-refractivity contribution in [2.45, 2.75) is 122 Å². The number of hydrogen-bond acceptors (Lipinski definition) is 6. The minimum absolute atomic E-state index is 0.128. The second-order valence-corrected chi connectivity index (χ2v) is 14.3. The van der Waals surface area contributed by atoms with Gasteiger partial charge in [-0.15, -0.1) is 0 Å². The zero-order valence-corrected chi connectivity index (χ0v) is 27.3. The lowest BCUT2D eigenvalue weighted by atomic mass is 9.72. The first kappa shape index (κ1) is 31.9. The van der Waals surface area contributed by atoms with Crippen molar-refractivity contribution in [2.75, 3.05) is 7.11 Å². The number of methoxy groups -OCH3 is 1. The molecular weight excluding hydrogens is 564 g/mol. The molecule has 0 radical (unpaired) electrons. The Morgan fingerprint density at radius 1 is 0.977 bits per heavy atom. The highest BCUT2D eigenvalue weighted by Crippen LogP contribution is 2.42. The number of aromatic nitrogens is 1. The van der Waals surface area contributed by atoms with E-state index in [1.165, 1.54) is 39.2 Å². The summed E-state index contributed by atoms with van der Waals surface area (Å²) < 4.78 is 17.5. The summed E-state index contributed by atoms with van der Waals surface area (Å²) in [6.07, 6.45) is 10.5. The van der Waals surface area contributed by atoms with Crippen LogP contribution < -0.4 is 5.32 Å². The van der Waals surface area contributed by atoms with Gasteiger partial charge in [0, 0.05) is 22.3 Å². The van der Waals surface area contributed by atoms with E-state index in [1.807, 2.05) is 46.8 Å². The number of amides is 1. The van der Waals surface area contributed by atoms with E-state index in [2.05, 4.69) is 5.32 Å². The zero-order chi connectivity index (χ0) is 30.9. The Kier molecular flexibility index (Phi) is 9.84. The summed E-state index contributed by atoms with van der Waals surface area (Å²) in [5.74, 6) is 0.832. The van der Waals surface area contributed by atoms with Gasteiger partial charge in [-0.1, -0.05) is 23.7 Å². The second kappa shape index (κ2) is 13.3. The summed E-state index contributed by atoms with van der Waals surface area (Å²) in [5, 5.41) is 3.88. The first-order valence-corrected chi connectivity index (χ1v) is 16.3. The molecule has 0 spiro atoms. The van der Waals surface area contributed by atoms with E-state index in [0.29, 0.717) is 39.7 Å². The minimum atomic E-state index is -1.01. The molecule has 1 atom stereocenters. The predicted octanol–water partition coefficient (Wildman–Crippen LogP) is 7.68. The van der Waals surface area contributed by atoms with Crippen LogP contribution >= 0.6 is 11.6 Å². The SMILES string of the molecule is COC(=O)[C@@H](OC(C)(C)C)c1c(C)nc(C(=O)NC2CCC(CC3CC(OC4CC4)C3)CC2)c(C)c1-c1ccc(Cl)cc1. The fourth-order valence-corrected chi connectivity index (χ4v) is 6.88. The maximum absolute atomic E-state index is 13.7. The standard InChI is InChI=1S/C35H47ClN2O5/c1-20-29(24-9-11-25(36)12-10-24)30(32(34(40)41-6)43-35(3,4)5)21(2)37-31(20)33(39)38-26-13-7-22(8-14-26)17-23-18-28(19-23)42-27-15-16-27/h9-12,22-23,26-28,32H,7-8,13-19H2,1-6H3,(H,38,39)/t22?,23?,26?,28?,32-/m0/s1. The zero-order valence-electron chi connectivity index (χ0n) is 26.5. The van der Waals surface area contributed by atoms with Gasteiger partial charge >= 0.3 is 5.97 Å². The van der Waals surface area contributed by atoms with Crippen molar-refractivity contribution in [3.05, 3.63) is 51.8 Å². The lowest BCUT2D eigenvalue weighted by Gasteiger charge is -2.39. The van der Waals surface area contributed by atoms with Crippen molar-refractivity contribution in [1.82, 2.24) is 10.3 Å². The molecule has 43 heavy (non-hydrogen) atoms. The molecule has 3 saturated carbocycles. The number of ether oxygens (including phenoxy) is 3. The van der Waals surface area contributed by atoms with E-state index in [1.54, 1.807) is 12.1 Å². The number of nitrogens with zero attached hydrogens (tertiary/aromatic N) is 1.